The third kappa shape index (κ3) is 4.25. The third-order valence-electron chi connectivity index (χ3n) is 7.33. The van der Waals surface area contributed by atoms with Gasteiger partial charge < -0.3 is 15.6 Å². The van der Waals surface area contributed by atoms with Crippen LogP contribution < -0.4 is 10.6 Å². The summed E-state index contributed by atoms with van der Waals surface area (Å²) >= 11 is 1.33. The van der Waals surface area contributed by atoms with Crippen molar-refractivity contribution in [3.63, 3.8) is 0 Å². The number of halogens is 2. The number of hydrogen-bond donors (Lipinski definition) is 2. The van der Waals surface area contributed by atoms with Gasteiger partial charge in [-0.25, -0.2) is 18.7 Å². The Kier molecular flexibility index (Phi) is 5.45. The first-order chi connectivity index (χ1) is 16.9. The molecule has 2 aliphatic rings. The number of amides is 1. The van der Waals surface area contributed by atoms with E-state index >= 15 is 0 Å². The van der Waals surface area contributed by atoms with Crippen LogP contribution in [0.15, 0.2) is 36.7 Å². The second-order valence-corrected chi connectivity index (χ2v) is 10.9. The molecule has 2 saturated heterocycles. The Bertz CT molecular complexity index is 1420. The van der Waals surface area contributed by atoms with Gasteiger partial charge >= 0.3 is 0 Å². The first kappa shape index (κ1) is 22.4. The molecule has 182 valence electrons. The van der Waals surface area contributed by atoms with E-state index in [1.807, 2.05) is 12.1 Å². The van der Waals surface area contributed by atoms with Gasteiger partial charge in [0.1, 0.15) is 22.7 Å². The number of rotatable bonds is 6. The molecule has 3 aromatic heterocycles. The SMILES string of the molecule is NC(=O)c1cc2ccc(CN3CC[C@@]4(CCN(c5ncnc6sc(CC(F)F)cc56)C4)C3)cc2[nH]1. The molecule has 0 radical (unpaired) electrons. The average Bonchev–Trinajstić information content (AvgIpc) is 3.59. The molecule has 4 aromatic rings. The minimum Gasteiger partial charge on any atom is -0.364 e. The van der Waals surface area contributed by atoms with Crippen molar-refractivity contribution >= 4 is 44.2 Å². The van der Waals surface area contributed by atoms with E-state index < -0.39 is 12.3 Å². The van der Waals surface area contributed by atoms with E-state index in [0.29, 0.717) is 10.6 Å². The maximum absolute atomic E-state index is 12.9. The summed E-state index contributed by atoms with van der Waals surface area (Å²) in [5.74, 6) is 0.410. The van der Waals surface area contributed by atoms with E-state index in [1.54, 1.807) is 12.4 Å². The molecular formula is C25H26F2N6OS. The topological polar surface area (TPSA) is 91.1 Å². The summed E-state index contributed by atoms with van der Waals surface area (Å²) in [7, 11) is 0. The highest BCUT2D eigenvalue weighted by molar-refractivity contribution is 7.18. The maximum atomic E-state index is 12.9. The van der Waals surface area contributed by atoms with Crippen molar-refractivity contribution in [1.82, 2.24) is 19.9 Å². The van der Waals surface area contributed by atoms with Crippen LogP contribution in [0.3, 0.4) is 0 Å². The number of benzene rings is 1. The highest BCUT2D eigenvalue weighted by Gasteiger charge is 2.44. The molecular weight excluding hydrogens is 470 g/mol. The van der Waals surface area contributed by atoms with Crippen LogP contribution in [0.2, 0.25) is 0 Å². The Morgan fingerprint density at radius 1 is 1.17 bits per heavy atom. The molecule has 3 N–H and O–H groups in total. The van der Waals surface area contributed by atoms with Gasteiger partial charge in [0.2, 0.25) is 6.43 Å². The van der Waals surface area contributed by atoms with Crippen molar-refractivity contribution in [3.8, 4) is 0 Å². The summed E-state index contributed by atoms with van der Waals surface area (Å²) < 4.78 is 25.8. The molecule has 1 aromatic carbocycles. The van der Waals surface area contributed by atoms with Crippen LogP contribution in [-0.2, 0) is 13.0 Å². The van der Waals surface area contributed by atoms with E-state index in [9.17, 15) is 13.6 Å². The molecule has 7 nitrogen and oxygen atoms in total. The minimum atomic E-state index is -2.36. The number of nitrogens with one attached hydrogen (secondary N) is 1. The van der Waals surface area contributed by atoms with Crippen LogP contribution in [0, 0.1) is 5.41 Å². The van der Waals surface area contributed by atoms with Gasteiger partial charge in [0, 0.05) is 53.8 Å². The van der Waals surface area contributed by atoms with Crippen molar-refractivity contribution in [2.45, 2.75) is 32.2 Å². The zero-order valence-electron chi connectivity index (χ0n) is 19.1. The number of primary amides is 1. The van der Waals surface area contributed by atoms with Crippen LogP contribution in [0.5, 0.6) is 0 Å². The van der Waals surface area contributed by atoms with Gasteiger partial charge in [-0.05, 0) is 43.1 Å². The molecule has 0 aliphatic carbocycles. The lowest BCUT2D eigenvalue weighted by Gasteiger charge is -2.25. The normalized spacial score (nSPS) is 20.8. The Morgan fingerprint density at radius 2 is 2.03 bits per heavy atom. The van der Waals surface area contributed by atoms with Gasteiger partial charge in [-0.1, -0.05) is 12.1 Å². The number of anilines is 1. The standard InChI is InChI=1S/C25H26F2N6OS/c26-21(27)10-17-9-18-23(29-14-30-24(18)35-17)33-6-4-25(13-33)3-5-32(12-25)11-15-1-2-16-8-20(22(28)34)31-19(16)7-15/h1-2,7-9,14,21,31H,3-6,10-13H2,(H2,28,34)/t25-/m1/s1. The van der Waals surface area contributed by atoms with Crippen molar-refractivity contribution < 1.29 is 13.6 Å². The molecule has 10 heteroatoms. The smallest absolute Gasteiger partial charge is 0.265 e. The van der Waals surface area contributed by atoms with Crippen LogP contribution >= 0.6 is 11.3 Å². The van der Waals surface area contributed by atoms with Gasteiger partial charge in [-0.2, -0.15) is 0 Å². The van der Waals surface area contributed by atoms with Gasteiger partial charge in [0.05, 0.1) is 5.39 Å². The quantitative estimate of drug-likeness (QED) is 0.418. The van der Waals surface area contributed by atoms with Crippen molar-refractivity contribution in [3.05, 3.63) is 52.8 Å². The molecule has 0 saturated carbocycles. The Hall–Kier alpha value is -3.11. The lowest BCUT2D eigenvalue weighted by Crippen LogP contribution is -2.31. The third-order valence-corrected chi connectivity index (χ3v) is 8.39. The van der Waals surface area contributed by atoms with Gasteiger partial charge in [0.15, 0.2) is 0 Å². The predicted molar refractivity (Wildman–Crippen MR) is 133 cm³/mol. The first-order valence-corrected chi connectivity index (χ1v) is 12.6. The molecule has 0 bridgehead atoms. The molecule has 2 fully saturated rings. The number of thiophene rings is 1. The van der Waals surface area contributed by atoms with Gasteiger partial charge in [0.25, 0.3) is 5.91 Å². The summed E-state index contributed by atoms with van der Waals surface area (Å²) in [6.07, 6.45) is 1.15. The number of aromatic nitrogens is 3. The lowest BCUT2D eigenvalue weighted by atomic mass is 9.86. The van der Waals surface area contributed by atoms with E-state index in [1.165, 1.54) is 16.9 Å². The van der Waals surface area contributed by atoms with Gasteiger partial charge in [-0.3, -0.25) is 9.69 Å². The number of H-pyrrole nitrogens is 1. The second kappa shape index (κ2) is 8.53. The van der Waals surface area contributed by atoms with Crippen LogP contribution in [-0.4, -0.2) is 58.4 Å². The zero-order chi connectivity index (χ0) is 24.2. The van der Waals surface area contributed by atoms with E-state index in [0.717, 1.165) is 72.5 Å². The van der Waals surface area contributed by atoms with Crippen LogP contribution in [0.25, 0.3) is 21.1 Å². The minimum absolute atomic E-state index is 0.203. The molecule has 2 aliphatic heterocycles. The zero-order valence-corrected chi connectivity index (χ0v) is 20.0. The van der Waals surface area contributed by atoms with Crippen LogP contribution in [0.1, 0.15) is 33.8 Å². The van der Waals surface area contributed by atoms with Crippen molar-refractivity contribution in [1.29, 1.82) is 0 Å². The summed E-state index contributed by atoms with van der Waals surface area (Å²) in [6.45, 7) is 4.70. The van der Waals surface area contributed by atoms with Crippen molar-refractivity contribution in [2.75, 3.05) is 31.1 Å². The first-order valence-electron chi connectivity index (χ1n) is 11.8. The number of nitrogens with two attached hydrogens (primary N) is 1. The molecule has 6 rings (SSSR count). The number of likely N-dealkylation sites (tertiary alicyclic amines) is 1. The summed E-state index contributed by atoms with van der Waals surface area (Å²) in [5.41, 5.74) is 8.15. The van der Waals surface area contributed by atoms with Crippen molar-refractivity contribution in [2.24, 2.45) is 11.1 Å². The molecule has 1 amide bonds. The molecule has 1 spiro atoms. The fourth-order valence-electron chi connectivity index (χ4n) is 5.67. The number of hydrogen-bond acceptors (Lipinski definition) is 6. The highest BCUT2D eigenvalue weighted by atomic mass is 32.1. The van der Waals surface area contributed by atoms with E-state index in [2.05, 4.69) is 36.9 Å². The number of fused-ring (bicyclic) bond motifs is 2. The lowest BCUT2D eigenvalue weighted by molar-refractivity contribution is 0.0996. The molecule has 1 atom stereocenters. The predicted octanol–water partition coefficient (Wildman–Crippen LogP) is 4.18. The largest absolute Gasteiger partial charge is 0.364 e. The summed E-state index contributed by atoms with van der Waals surface area (Å²) in [4.78, 5) is 29.7. The number of carbonyl (C=O) groups excluding carboxylic acids is 1. The molecule has 0 unspecified atom stereocenters. The number of nitrogens with zero attached hydrogens (tertiary/aromatic N) is 4. The van der Waals surface area contributed by atoms with Gasteiger partial charge in [-0.15, -0.1) is 11.3 Å². The van der Waals surface area contributed by atoms with E-state index in [4.69, 9.17) is 5.73 Å². The summed E-state index contributed by atoms with van der Waals surface area (Å²) in [5, 5.41) is 1.86. The fourth-order valence-corrected chi connectivity index (χ4v) is 6.67. The van der Waals surface area contributed by atoms with E-state index in [-0.39, 0.29) is 11.8 Å². The number of alkyl halides is 2. The fraction of sp³-hybridized carbons (Fsp3) is 0.400. The maximum Gasteiger partial charge on any atom is 0.265 e. The highest BCUT2D eigenvalue weighted by Crippen LogP contribution is 2.43. The number of carbonyl (C=O) groups is 1. The Balaban J connectivity index is 1.16. The Morgan fingerprint density at radius 3 is 2.86 bits per heavy atom. The molecule has 5 heterocycles. The Labute approximate surface area is 204 Å². The number of aromatic amines is 1. The second-order valence-electron chi connectivity index (χ2n) is 9.83. The molecule has 35 heavy (non-hydrogen) atoms. The summed E-state index contributed by atoms with van der Waals surface area (Å²) in [6, 6.07) is 9.86. The average molecular weight is 497 g/mol. The monoisotopic (exact) mass is 496 g/mol. The van der Waals surface area contributed by atoms with Crippen LogP contribution in [0.4, 0.5) is 14.6 Å².